The van der Waals surface area contributed by atoms with Gasteiger partial charge in [-0.25, -0.2) is 0 Å². The first-order valence-corrected chi connectivity index (χ1v) is 6.85. The van der Waals surface area contributed by atoms with E-state index in [1.807, 2.05) is 0 Å². The number of nitrogens with zero attached hydrogens (tertiary/aromatic N) is 1. The van der Waals surface area contributed by atoms with Crippen molar-refractivity contribution in [3.05, 3.63) is 0 Å². The van der Waals surface area contributed by atoms with Gasteiger partial charge in [-0.15, -0.1) is 0 Å². The van der Waals surface area contributed by atoms with Crippen LogP contribution >= 0.6 is 0 Å². The Morgan fingerprint density at radius 1 is 1.00 bits per heavy atom. The molecule has 0 fully saturated rings. The van der Waals surface area contributed by atoms with E-state index in [0.717, 1.165) is 32.8 Å². The van der Waals surface area contributed by atoms with Gasteiger partial charge in [-0.2, -0.15) is 0 Å². The predicted molar refractivity (Wildman–Crippen MR) is 71.0 cm³/mol. The molecule has 0 aromatic carbocycles. The minimum Gasteiger partial charge on any atom is -0.380 e. The third kappa shape index (κ3) is 10.4. The second-order valence-corrected chi connectivity index (χ2v) is 4.05. The minimum atomic E-state index is 0.834. The molecule has 0 spiro atoms. The highest BCUT2D eigenvalue weighted by Crippen LogP contribution is 1.98. The quantitative estimate of drug-likeness (QED) is 0.520. The summed E-state index contributed by atoms with van der Waals surface area (Å²) in [6, 6.07) is 0. The van der Waals surface area contributed by atoms with Gasteiger partial charge in [0, 0.05) is 13.2 Å². The summed E-state index contributed by atoms with van der Waals surface area (Å²) >= 11 is 0. The molecule has 0 aliphatic heterocycles. The van der Waals surface area contributed by atoms with E-state index in [9.17, 15) is 0 Å². The average molecular weight is 230 g/mol. The van der Waals surface area contributed by atoms with E-state index < -0.39 is 0 Å². The Morgan fingerprint density at radius 3 is 2.44 bits per heavy atom. The Balaban J connectivity index is 3.26. The molecule has 0 saturated carbocycles. The van der Waals surface area contributed by atoms with Crippen molar-refractivity contribution >= 4 is 0 Å². The molecule has 0 aliphatic rings. The topological polar surface area (TPSA) is 24.5 Å². The lowest BCUT2D eigenvalue weighted by molar-refractivity contribution is 0.114. The highest BCUT2D eigenvalue weighted by molar-refractivity contribution is 4.56. The summed E-state index contributed by atoms with van der Waals surface area (Å²) in [6.07, 6.45) is 3.94. The van der Waals surface area contributed by atoms with Crippen molar-refractivity contribution in [3.8, 4) is 0 Å². The summed E-state index contributed by atoms with van der Waals surface area (Å²) in [6.45, 7) is 13.8. The van der Waals surface area contributed by atoms with Crippen LogP contribution in [-0.2, 0) is 4.74 Å². The van der Waals surface area contributed by atoms with Crippen molar-refractivity contribution in [1.82, 2.24) is 10.2 Å². The lowest BCUT2D eigenvalue weighted by Gasteiger charge is -2.19. The normalized spacial score (nSPS) is 11.2. The van der Waals surface area contributed by atoms with Crippen LogP contribution in [-0.4, -0.2) is 50.8 Å². The fraction of sp³-hybridized carbons (Fsp3) is 1.00. The Labute approximate surface area is 102 Å². The lowest BCUT2D eigenvalue weighted by atomic mass is 10.2. The molecule has 0 aromatic heterocycles. The van der Waals surface area contributed by atoms with E-state index in [1.54, 1.807) is 0 Å². The molecular formula is C13H30N2O. The van der Waals surface area contributed by atoms with Crippen LogP contribution in [0.1, 0.15) is 40.0 Å². The van der Waals surface area contributed by atoms with Crippen LogP contribution in [0.25, 0.3) is 0 Å². The van der Waals surface area contributed by atoms with Crippen molar-refractivity contribution in [3.63, 3.8) is 0 Å². The Morgan fingerprint density at radius 2 is 1.81 bits per heavy atom. The highest BCUT2D eigenvalue weighted by Gasteiger charge is 2.01. The summed E-state index contributed by atoms with van der Waals surface area (Å²) in [5.74, 6) is 0. The van der Waals surface area contributed by atoms with Crippen LogP contribution < -0.4 is 5.32 Å². The molecule has 3 nitrogen and oxygen atoms in total. The Kier molecular flexibility index (Phi) is 12.9. The molecule has 0 aromatic rings. The van der Waals surface area contributed by atoms with Crippen LogP contribution in [0.3, 0.4) is 0 Å². The molecule has 1 N–H and O–H groups in total. The number of hydrogen-bond donors (Lipinski definition) is 1. The summed E-state index contributed by atoms with van der Waals surface area (Å²) in [5, 5.41) is 3.36. The number of likely N-dealkylation sites (N-methyl/N-ethyl adjacent to an activating group) is 1. The maximum atomic E-state index is 5.37. The third-order valence-electron chi connectivity index (χ3n) is 2.78. The van der Waals surface area contributed by atoms with Crippen molar-refractivity contribution in [1.29, 1.82) is 0 Å². The largest absolute Gasteiger partial charge is 0.380 e. The first-order valence-electron chi connectivity index (χ1n) is 6.85. The van der Waals surface area contributed by atoms with Crippen LogP contribution in [0.4, 0.5) is 0 Å². The maximum Gasteiger partial charge on any atom is 0.0593 e. The maximum absolute atomic E-state index is 5.37. The van der Waals surface area contributed by atoms with Gasteiger partial charge in [0.25, 0.3) is 0 Å². The van der Waals surface area contributed by atoms with Gasteiger partial charge in [-0.3, -0.25) is 0 Å². The van der Waals surface area contributed by atoms with Crippen molar-refractivity contribution in [2.45, 2.75) is 40.0 Å². The Hall–Kier alpha value is -0.120. The number of unbranched alkanes of at least 4 members (excludes halogenated alkanes) is 2. The molecule has 0 atom stereocenters. The summed E-state index contributed by atoms with van der Waals surface area (Å²) < 4.78 is 5.37. The van der Waals surface area contributed by atoms with Crippen LogP contribution in [0.5, 0.6) is 0 Å². The second-order valence-electron chi connectivity index (χ2n) is 4.05. The van der Waals surface area contributed by atoms with Gasteiger partial charge >= 0.3 is 0 Å². The van der Waals surface area contributed by atoms with Gasteiger partial charge in [0.2, 0.25) is 0 Å². The van der Waals surface area contributed by atoms with Crippen LogP contribution in [0.15, 0.2) is 0 Å². The first-order chi connectivity index (χ1) is 7.85. The van der Waals surface area contributed by atoms with E-state index >= 15 is 0 Å². The van der Waals surface area contributed by atoms with E-state index in [2.05, 4.69) is 31.0 Å². The summed E-state index contributed by atoms with van der Waals surface area (Å²) in [5.41, 5.74) is 0. The molecule has 0 saturated heterocycles. The molecule has 98 valence electrons. The SMILES string of the molecule is CCNCCCCCN(CC)CCOCC. The number of rotatable bonds is 12. The first kappa shape index (κ1) is 15.9. The standard InChI is InChI=1S/C13H30N2O/c1-4-14-10-8-7-9-11-15(5-2)12-13-16-6-3/h14H,4-13H2,1-3H3. The number of hydrogen-bond acceptors (Lipinski definition) is 3. The molecule has 3 heteroatoms. The van der Waals surface area contributed by atoms with Crippen molar-refractivity contribution in [2.75, 3.05) is 45.9 Å². The zero-order valence-corrected chi connectivity index (χ0v) is 11.4. The van der Waals surface area contributed by atoms with Gasteiger partial charge in [-0.05, 0) is 45.9 Å². The minimum absolute atomic E-state index is 0.834. The van der Waals surface area contributed by atoms with Gasteiger partial charge < -0.3 is 15.0 Å². The lowest BCUT2D eigenvalue weighted by Crippen LogP contribution is -2.28. The third-order valence-corrected chi connectivity index (χ3v) is 2.78. The van der Waals surface area contributed by atoms with E-state index in [4.69, 9.17) is 4.74 Å². The fourth-order valence-corrected chi connectivity index (χ4v) is 1.70. The van der Waals surface area contributed by atoms with E-state index in [-0.39, 0.29) is 0 Å². The summed E-state index contributed by atoms with van der Waals surface area (Å²) in [7, 11) is 0. The number of ether oxygens (including phenoxy) is 1. The molecule has 0 bridgehead atoms. The van der Waals surface area contributed by atoms with Gasteiger partial charge in [0.1, 0.15) is 0 Å². The molecule has 0 unspecified atom stereocenters. The highest BCUT2D eigenvalue weighted by atomic mass is 16.5. The molecule has 0 radical (unpaired) electrons. The van der Waals surface area contributed by atoms with Gasteiger partial charge in [0.05, 0.1) is 6.61 Å². The van der Waals surface area contributed by atoms with Gasteiger partial charge in [0.15, 0.2) is 0 Å². The van der Waals surface area contributed by atoms with Crippen molar-refractivity contribution in [2.24, 2.45) is 0 Å². The zero-order valence-electron chi connectivity index (χ0n) is 11.4. The Bertz CT molecular complexity index is 131. The molecule has 0 amide bonds. The zero-order chi connectivity index (χ0) is 12.1. The number of nitrogens with one attached hydrogen (secondary N) is 1. The molecule has 16 heavy (non-hydrogen) atoms. The second kappa shape index (κ2) is 12.9. The van der Waals surface area contributed by atoms with Crippen LogP contribution in [0, 0.1) is 0 Å². The molecule has 0 aliphatic carbocycles. The summed E-state index contributed by atoms with van der Waals surface area (Å²) in [4.78, 5) is 2.48. The van der Waals surface area contributed by atoms with Gasteiger partial charge in [-0.1, -0.05) is 20.3 Å². The average Bonchev–Trinajstić information content (AvgIpc) is 2.31. The van der Waals surface area contributed by atoms with Crippen LogP contribution in [0.2, 0.25) is 0 Å². The smallest absolute Gasteiger partial charge is 0.0593 e. The monoisotopic (exact) mass is 230 g/mol. The fourth-order valence-electron chi connectivity index (χ4n) is 1.70. The predicted octanol–water partition coefficient (Wildman–Crippen LogP) is 2.12. The van der Waals surface area contributed by atoms with Crippen molar-refractivity contribution < 1.29 is 4.74 Å². The van der Waals surface area contributed by atoms with E-state index in [1.165, 1.54) is 32.4 Å². The molecular weight excluding hydrogens is 200 g/mol. The van der Waals surface area contributed by atoms with E-state index in [0.29, 0.717) is 0 Å². The molecule has 0 heterocycles. The molecule has 0 rings (SSSR count).